The van der Waals surface area contributed by atoms with Crippen molar-refractivity contribution in [2.24, 2.45) is 11.3 Å². The minimum Gasteiger partial charge on any atom is -0.353 e. The van der Waals surface area contributed by atoms with Gasteiger partial charge in [-0.3, -0.25) is 4.79 Å². The zero-order valence-electron chi connectivity index (χ0n) is 12.0. The van der Waals surface area contributed by atoms with Crippen molar-refractivity contribution in [2.75, 3.05) is 0 Å². The molecule has 1 N–H and O–H groups in total. The quantitative estimate of drug-likeness (QED) is 0.765. The first-order valence-electron chi connectivity index (χ1n) is 7.14. The van der Waals surface area contributed by atoms with Crippen LogP contribution in [0.15, 0.2) is 0 Å². The minimum atomic E-state index is 0.184. The molecule has 1 fully saturated rings. The van der Waals surface area contributed by atoms with Gasteiger partial charge in [-0.2, -0.15) is 0 Å². The van der Waals surface area contributed by atoms with Crippen molar-refractivity contribution in [1.82, 2.24) is 5.32 Å². The smallest absolute Gasteiger partial charge is 0.220 e. The lowest BCUT2D eigenvalue weighted by Gasteiger charge is -2.28. The third-order valence-corrected chi connectivity index (χ3v) is 3.74. The molecule has 18 heavy (non-hydrogen) atoms. The molecule has 0 heterocycles. The van der Waals surface area contributed by atoms with E-state index in [1.807, 2.05) is 0 Å². The monoisotopic (exact) mass is 253 g/mol. The van der Waals surface area contributed by atoms with Crippen molar-refractivity contribution in [3.8, 4) is 0 Å². The van der Waals surface area contributed by atoms with Crippen molar-refractivity contribution in [1.29, 1.82) is 0 Å². The molecule has 3 nitrogen and oxygen atoms in total. The van der Waals surface area contributed by atoms with Gasteiger partial charge in [0.2, 0.25) is 5.91 Å². The van der Waals surface area contributed by atoms with Gasteiger partial charge in [-0.1, -0.05) is 20.8 Å². The maximum Gasteiger partial charge on any atom is 0.220 e. The first-order valence-corrected chi connectivity index (χ1v) is 7.14. The number of hydrogen-bond donors (Lipinski definition) is 1. The molecule has 1 amide bonds. The molecule has 0 aliphatic heterocycles. The third-order valence-electron chi connectivity index (χ3n) is 3.74. The molecule has 3 heteroatoms. The summed E-state index contributed by atoms with van der Waals surface area (Å²) in [5.41, 5.74) is 0.221. The molecule has 1 saturated carbocycles. The van der Waals surface area contributed by atoms with E-state index in [1.165, 1.54) is 0 Å². The predicted octanol–water partition coefficient (Wildman–Crippen LogP) is 3.08. The molecule has 1 aliphatic rings. The molecule has 1 aliphatic carbocycles. The van der Waals surface area contributed by atoms with Crippen LogP contribution in [0.1, 0.15) is 65.7 Å². The van der Waals surface area contributed by atoms with E-state index in [0.717, 1.165) is 38.4 Å². The first-order chi connectivity index (χ1) is 8.40. The molecule has 0 aromatic heterocycles. The molecular formula is C15H27NO2. The summed E-state index contributed by atoms with van der Waals surface area (Å²) in [4.78, 5) is 22.2. The van der Waals surface area contributed by atoms with E-state index >= 15 is 0 Å². The number of amides is 1. The van der Waals surface area contributed by atoms with E-state index in [9.17, 15) is 9.59 Å². The number of aldehydes is 1. The zero-order chi connectivity index (χ0) is 13.6. The lowest BCUT2D eigenvalue weighted by molar-refractivity contribution is -0.122. The van der Waals surface area contributed by atoms with Crippen LogP contribution in [0.25, 0.3) is 0 Å². The van der Waals surface area contributed by atoms with Crippen LogP contribution in [0.4, 0.5) is 0 Å². The van der Waals surface area contributed by atoms with Crippen LogP contribution in [0.3, 0.4) is 0 Å². The van der Waals surface area contributed by atoms with Gasteiger partial charge in [-0.15, -0.1) is 0 Å². The van der Waals surface area contributed by atoms with Crippen LogP contribution in [-0.2, 0) is 9.59 Å². The molecule has 0 saturated heterocycles. The maximum atomic E-state index is 11.8. The standard InChI is InChI=1S/C15H27NO2/c1-15(2,3)10-8-14(18)16-13-6-4-12(5-7-13)9-11-17/h11-13H,4-10H2,1-3H3,(H,16,18)/t12-,13-. The van der Waals surface area contributed by atoms with Crippen LogP contribution in [0.5, 0.6) is 0 Å². The van der Waals surface area contributed by atoms with Gasteiger partial charge in [0.05, 0.1) is 0 Å². The summed E-state index contributed by atoms with van der Waals surface area (Å²) >= 11 is 0. The average molecular weight is 253 g/mol. The molecular weight excluding hydrogens is 226 g/mol. The van der Waals surface area contributed by atoms with E-state index in [-0.39, 0.29) is 11.3 Å². The SMILES string of the molecule is CC(C)(C)CCC(=O)N[C@H]1CC[C@H](CC=O)CC1. The fourth-order valence-electron chi connectivity index (χ4n) is 2.47. The number of nitrogens with one attached hydrogen (secondary N) is 1. The highest BCUT2D eigenvalue weighted by Crippen LogP contribution is 2.26. The zero-order valence-corrected chi connectivity index (χ0v) is 12.0. The summed E-state index contributed by atoms with van der Waals surface area (Å²) in [6, 6.07) is 0.334. The summed E-state index contributed by atoms with van der Waals surface area (Å²) in [6.45, 7) is 6.47. The summed E-state index contributed by atoms with van der Waals surface area (Å²) in [5, 5.41) is 3.13. The van der Waals surface area contributed by atoms with Crippen LogP contribution in [-0.4, -0.2) is 18.2 Å². The highest BCUT2D eigenvalue weighted by atomic mass is 16.1. The summed E-state index contributed by atoms with van der Waals surface area (Å²) < 4.78 is 0. The van der Waals surface area contributed by atoms with E-state index in [4.69, 9.17) is 0 Å². The molecule has 0 unspecified atom stereocenters. The van der Waals surface area contributed by atoms with Crippen LogP contribution >= 0.6 is 0 Å². The van der Waals surface area contributed by atoms with E-state index in [0.29, 0.717) is 24.8 Å². The number of rotatable bonds is 5. The maximum absolute atomic E-state index is 11.8. The molecule has 0 bridgehead atoms. The second-order valence-electron chi connectivity index (χ2n) is 6.75. The van der Waals surface area contributed by atoms with Crippen molar-refractivity contribution in [3.63, 3.8) is 0 Å². The van der Waals surface area contributed by atoms with Gasteiger partial charge >= 0.3 is 0 Å². The molecule has 0 aromatic carbocycles. The van der Waals surface area contributed by atoms with Gasteiger partial charge in [0.25, 0.3) is 0 Å². The van der Waals surface area contributed by atoms with Gasteiger partial charge < -0.3 is 10.1 Å². The van der Waals surface area contributed by atoms with Gasteiger partial charge in [0, 0.05) is 18.9 Å². The summed E-state index contributed by atoms with van der Waals surface area (Å²) in [6.07, 6.45) is 7.46. The lowest BCUT2D eigenvalue weighted by Crippen LogP contribution is -2.37. The average Bonchev–Trinajstić information content (AvgIpc) is 2.29. The van der Waals surface area contributed by atoms with Crippen LogP contribution < -0.4 is 5.32 Å². The molecule has 0 radical (unpaired) electrons. The van der Waals surface area contributed by atoms with Crippen molar-refractivity contribution < 1.29 is 9.59 Å². The Morgan fingerprint density at radius 2 is 1.83 bits per heavy atom. The van der Waals surface area contributed by atoms with Gasteiger partial charge in [-0.05, 0) is 43.4 Å². The summed E-state index contributed by atoms with van der Waals surface area (Å²) in [5.74, 6) is 0.731. The van der Waals surface area contributed by atoms with Crippen molar-refractivity contribution in [2.45, 2.75) is 71.8 Å². The highest BCUT2D eigenvalue weighted by Gasteiger charge is 2.22. The van der Waals surface area contributed by atoms with E-state index < -0.39 is 0 Å². The Hall–Kier alpha value is -0.860. The normalized spacial score (nSPS) is 24.6. The Morgan fingerprint density at radius 1 is 1.22 bits per heavy atom. The second-order valence-corrected chi connectivity index (χ2v) is 6.75. The summed E-state index contributed by atoms with van der Waals surface area (Å²) in [7, 11) is 0. The largest absolute Gasteiger partial charge is 0.353 e. The predicted molar refractivity (Wildman–Crippen MR) is 73.3 cm³/mol. The lowest BCUT2D eigenvalue weighted by atomic mass is 9.84. The Labute approximate surface area is 111 Å². The highest BCUT2D eigenvalue weighted by molar-refractivity contribution is 5.76. The van der Waals surface area contributed by atoms with E-state index in [1.54, 1.807) is 0 Å². The van der Waals surface area contributed by atoms with Gasteiger partial charge in [-0.25, -0.2) is 0 Å². The number of hydrogen-bond acceptors (Lipinski definition) is 2. The number of carbonyl (C=O) groups excluding carboxylic acids is 2. The third kappa shape index (κ3) is 6.18. The fraction of sp³-hybridized carbons (Fsp3) is 0.867. The molecule has 0 spiro atoms. The van der Waals surface area contributed by atoms with Gasteiger partial charge in [0.1, 0.15) is 6.29 Å². The second kappa shape index (κ2) is 6.91. The Bertz CT molecular complexity index is 273. The van der Waals surface area contributed by atoms with E-state index in [2.05, 4.69) is 26.1 Å². The Balaban J connectivity index is 2.20. The Kier molecular flexibility index (Phi) is 5.83. The molecule has 104 valence electrons. The molecule has 0 aromatic rings. The topological polar surface area (TPSA) is 46.2 Å². The van der Waals surface area contributed by atoms with Crippen LogP contribution in [0.2, 0.25) is 0 Å². The first kappa shape index (κ1) is 15.2. The van der Waals surface area contributed by atoms with Crippen LogP contribution in [0, 0.1) is 11.3 Å². The Morgan fingerprint density at radius 3 is 2.33 bits per heavy atom. The fourth-order valence-corrected chi connectivity index (χ4v) is 2.47. The van der Waals surface area contributed by atoms with Crippen molar-refractivity contribution in [3.05, 3.63) is 0 Å². The molecule has 0 atom stereocenters. The van der Waals surface area contributed by atoms with Gasteiger partial charge in [0.15, 0.2) is 0 Å². The number of carbonyl (C=O) groups is 2. The minimum absolute atomic E-state index is 0.184. The molecule has 1 rings (SSSR count). The van der Waals surface area contributed by atoms with Crippen molar-refractivity contribution >= 4 is 12.2 Å².